The molecule has 0 bridgehead atoms. The Bertz CT molecular complexity index is 388. The van der Waals surface area contributed by atoms with E-state index in [0.29, 0.717) is 0 Å². The predicted octanol–water partition coefficient (Wildman–Crippen LogP) is 2.28. The van der Waals surface area contributed by atoms with E-state index in [1.165, 1.54) is 9.75 Å². The van der Waals surface area contributed by atoms with E-state index in [0.717, 1.165) is 25.8 Å². The van der Waals surface area contributed by atoms with E-state index in [9.17, 15) is 4.79 Å². The van der Waals surface area contributed by atoms with Gasteiger partial charge in [0.05, 0.1) is 6.04 Å². The smallest absolute Gasteiger partial charge is 0.237 e. The Morgan fingerprint density at radius 1 is 1.61 bits per heavy atom. The molecule has 0 aliphatic carbocycles. The zero-order valence-corrected chi connectivity index (χ0v) is 12.5. The number of aryl methyl sites for hydroxylation is 1. The van der Waals surface area contributed by atoms with Crippen LogP contribution in [0.4, 0.5) is 0 Å². The molecule has 1 unspecified atom stereocenters. The van der Waals surface area contributed by atoms with Crippen LogP contribution in [0.25, 0.3) is 0 Å². The van der Waals surface area contributed by atoms with Gasteiger partial charge < -0.3 is 10.6 Å². The van der Waals surface area contributed by atoms with Crippen LogP contribution in [0.1, 0.15) is 29.5 Å². The summed E-state index contributed by atoms with van der Waals surface area (Å²) in [5, 5.41) is 6.31. The summed E-state index contributed by atoms with van der Waals surface area (Å²) in [7, 11) is 0. The summed E-state index contributed by atoms with van der Waals surface area (Å²) in [5.41, 5.74) is 0. The molecule has 18 heavy (non-hydrogen) atoms. The average Bonchev–Trinajstić information content (AvgIpc) is 2.89. The molecule has 0 saturated carbocycles. The molecule has 2 rings (SSSR count). The molecule has 2 atom stereocenters. The van der Waals surface area contributed by atoms with Crippen molar-refractivity contribution in [1.29, 1.82) is 0 Å². The van der Waals surface area contributed by atoms with Crippen LogP contribution in [-0.4, -0.2) is 24.5 Å². The van der Waals surface area contributed by atoms with E-state index in [2.05, 4.69) is 36.6 Å². The molecule has 1 saturated heterocycles. The summed E-state index contributed by atoms with van der Waals surface area (Å²) in [4.78, 5) is 14.6. The van der Waals surface area contributed by atoms with Gasteiger partial charge in [-0.25, -0.2) is 0 Å². The first kappa shape index (κ1) is 15.5. The second-order valence-electron chi connectivity index (χ2n) is 4.78. The lowest BCUT2D eigenvalue weighted by molar-refractivity contribution is -0.123. The Morgan fingerprint density at radius 2 is 2.39 bits per heavy atom. The molecule has 1 aliphatic heterocycles. The van der Waals surface area contributed by atoms with Crippen LogP contribution in [-0.2, 0) is 11.2 Å². The van der Waals surface area contributed by atoms with Crippen molar-refractivity contribution >= 4 is 29.7 Å². The lowest BCUT2D eigenvalue weighted by atomic mass is 10.1. The van der Waals surface area contributed by atoms with Crippen molar-refractivity contribution in [2.75, 3.05) is 6.54 Å². The van der Waals surface area contributed by atoms with Crippen LogP contribution < -0.4 is 10.6 Å². The number of amides is 1. The van der Waals surface area contributed by atoms with Gasteiger partial charge in [-0.1, -0.05) is 0 Å². The molecule has 2 heterocycles. The highest BCUT2D eigenvalue weighted by Gasteiger charge is 2.22. The van der Waals surface area contributed by atoms with E-state index in [4.69, 9.17) is 0 Å². The first-order valence-corrected chi connectivity index (χ1v) is 7.06. The van der Waals surface area contributed by atoms with Crippen molar-refractivity contribution in [3.05, 3.63) is 21.9 Å². The minimum Gasteiger partial charge on any atom is -0.352 e. The zero-order valence-electron chi connectivity index (χ0n) is 10.9. The quantitative estimate of drug-likeness (QED) is 0.892. The van der Waals surface area contributed by atoms with Gasteiger partial charge in [0.2, 0.25) is 5.91 Å². The lowest BCUT2D eigenvalue weighted by Crippen LogP contribution is -2.44. The van der Waals surface area contributed by atoms with E-state index < -0.39 is 0 Å². The average molecular weight is 289 g/mol. The fourth-order valence-electron chi connectivity index (χ4n) is 2.20. The number of nitrogens with one attached hydrogen (secondary N) is 2. The van der Waals surface area contributed by atoms with Gasteiger partial charge in [0, 0.05) is 22.2 Å². The summed E-state index contributed by atoms with van der Waals surface area (Å²) in [6.45, 7) is 5.15. The van der Waals surface area contributed by atoms with Crippen LogP contribution in [0.5, 0.6) is 0 Å². The minimum atomic E-state index is 0. The van der Waals surface area contributed by atoms with Gasteiger partial charge in [-0.3, -0.25) is 4.79 Å². The normalized spacial score (nSPS) is 20.2. The topological polar surface area (TPSA) is 41.1 Å². The van der Waals surface area contributed by atoms with Crippen LogP contribution in [0, 0.1) is 6.92 Å². The van der Waals surface area contributed by atoms with Crippen LogP contribution in [0.3, 0.4) is 0 Å². The summed E-state index contributed by atoms with van der Waals surface area (Å²) in [6.07, 6.45) is 3.00. The third-order valence-electron chi connectivity index (χ3n) is 3.07. The molecule has 0 aromatic carbocycles. The summed E-state index contributed by atoms with van der Waals surface area (Å²) >= 11 is 1.81. The number of rotatable bonds is 4. The van der Waals surface area contributed by atoms with Gasteiger partial charge in [-0.15, -0.1) is 23.7 Å². The maximum atomic E-state index is 11.9. The number of thiophene rings is 1. The number of halogens is 1. The maximum absolute atomic E-state index is 11.9. The van der Waals surface area contributed by atoms with E-state index >= 15 is 0 Å². The predicted molar refractivity (Wildman–Crippen MR) is 78.6 cm³/mol. The molecule has 5 heteroatoms. The molecule has 1 aliphatic rings. The Hall–Kier alpha value is -0.580. The molecule has 1 aromatic rings. The van der Waals surface area contributed by atoms with Crippen molar-refractivity contribution in [2.24, 2.45) is 0 Å². The molecule has 1 fully saturated rings. The monoisotopic (exact) mass is 288 g/mol. The highest BCUT2D eigenvalue weighted by atomic mass is 35.5. The van der Waals surface area contributed by atoms with Crippen molar-refractivity contribution in [3.63, 3.8) is 0 Å². The van der Waals surface area contributed by atoms with Crippen LogP contribution >= 0.6 is 23.7 Å². The fourth-order valence-corrected chi connectivity index (χ4v) is 3.22. The molecule has 2 N–H and O–H groups in total. The van der Waals surface area contributed by atoms with Crippen molar-refractivity contribution in [3.8, 4) is 0 Å². The Kier molecular flexibility index (Phi) is 6.12. The molecular weight excluding hydrogens is 268 g/mol. The highest BCUT2D eigenvalue weighted by molar-refractivity contribution is 7.11. The Balaban J connectivity index is 0.00000162. The second-order valence-corrected chi connectivity index (χ2v) is 6.15. The molecule has 1 aromatic heterocycles. The van der Waals surface area contributed by atoms with Crippen molar-refractivity contribution in [2.45, 2.75) is 45.2 Å². The standard InChI is InChI=1S/C13H20N2OS.ClH/c1-9(8-11-6-5-10(2)17-11)15-13(16)12-4-3-7-14-12;/h5-6,9,12,14H,3-4,7-8H2,1-2H3,(H,15,16);1H/t9?,12-;/m0./s1. The van der Waals surface area contributed by atoms with Crippen LogP contribution in [0.15, 0.2) is 12.1 Å². The zero-order chi connectivity index (χ0) is 12.3. The van der Waals surface area contributed by atoms with Crippen molar-refractivity contribution < 1.29 is 4.79 Å². The molecule has 0 radical (unpaired) electrons. The number of carbonyl (C=O) groups excluding carboxylic acids is 1. The van der Waals surface area contributed by atoms with E-state index in [1.807, 2.05) is 11.3 Å². The minimum absolute atomic E-state index is 0. The van der Waals surface area contributed by atoms with E-state index in [-0.39, 0.29) is 30.4 Å². The molecule has 1 amide bonds. The first-order valence-electron chi connectivity index (χ1n) is 6.24. The maximum Gasteiger partial charge on any atom is 0.237 e. The fraction of sp³-hybridized carbons (Fsp3) is 0.615. The van der Waals surface area contributed by atoms with Gasteiger partial charge in [-0.2, -0.15) is 0 Å². The Morgan fingerprint density at radius 3 is 2.94 bits per heavy atom. The highest BCUT2D eigenvalue weighted by Crippen LogP contribution is 2.16. The van der Waals surface area contributed by atoms with Gasteiger partial charge in [-0.05, 0) is 45.4 Å². The molecular formula is C13H21ClN2OS. The largest absolute Gasteiger partial charge is 0.352 e. The molecule has 102 valence electrons. The van der Waals surface area contributed by atoms with E-state index in [1.54, 1.807) is 0 Å². The Labute approximate surface area is 119 Å². The molecule has 3 nitrogen and oxygen atoms in total. The van der Waals surface area contributed by atoms with Gasteiger partial charge in [0.15, 0.2) is 0 Å². The second kappa shape index (κ2) is 7.12. The number of hydrogen-bond donors (Lipinski definition) is 2. The lowest BCUT2D eigenvalue weighted by Gasteiger charge is -2.16. The SMILES string of the molecule is Cc1ccc(CC(C)NC(=O)[C@@H]2CCCN2)s1.Cl. The van der Waals surface area contributed by atoms with Crippen LogP contribution in [0.2, 0.25) is 0 Å². The first-order chi connectivity index (χ1) is 8.15. The third kappa shape index (κ3) is 4.26. The molecule has 0 spiro atoms. The van der Waals surface area contributed by atoms with Crippen molar-refractivity contribution in [1.82, 2.24) is 10.6 Å². The summed E-state index contributed by atoms with van der Waals surface area (Å²) in [6, 6.07) is 4.52. The van der Waals surface area contributed by atoms with Gasteiger partial charge in [0.25, 0.3) is 0 Å². The third-order valence-corrected chi connectivity index (χ3v) is 4.09. The number of carbonyl (C=O) groups is 1. The van der Waals surface area contributed by atoms with Gasteiger partial charge >= 0.3 is 0 Å². The summed E-state index contributed by atoms with van der Waals surface area (Å²) < 4.78 is 0. The number of hydrogen-bond acceptors (Lipinski definition) is 3. The summed E-state index contributed by atoms with van der Waals surface area (Å²) in [5.74, 6) is 0.156. The van der Waals surface area contributed by atoms with Gasteiger partial charge in [0.1, 0.15) is 0 Å².